The topological polar surface area (TPSA) is 43.8 Å². The normalized spacial score (nSPS) is 11.5. The average Bonchev–Trinajstić information content (AvgIpc) is 2.30. The van der Waals surface area contributed by atoms with Gasteiger partial charge in [-0.05, 0) is 19.9 Å². The molecule has 1 aromatic rings. The number of alkyl halides is 2. The van der Waals surface area contributed by atoms with Crippen LogP contribution in [0.3, 0.4) is 0 Å². The maximum atomic E-state index is 12.0. The first-order chi connectivity index (χ1) is 5.41. The Balaban J connectivity index is 0.00000144. The molecule has 1 heterocycles. The van der Waals surface area contributed by atoms with Gasteiger partial charge >= 0.3 is 6.55 Å². The molecule has 0 aliphatic heterocycles. The fourth-order valence-electron chi connectivity index (χ4n) is 0.790. The molecule has 2 N–H and O–H groups in total. The predicted octanol–water partition coefficient (Wildman–Crippen LogP) is 1.89. The fourth-order valence-corrected chi connectivity index (χ4v) is 0.790. The Morgan fingerprint density at radius 1 is 1.54 bits per heavy atom. The number of hydrogen-bond donors (Lipinski definition) is 1. The molecule has 0 fully saturated rings. The average molecular weight is 212 g/mol. The van der Waals surface area contributed by atoms with E-state index in [1.807, 2.05) is 0 Å². The zero-order valence-corrected chi connectivity index (χ0v) is 8.18. The highest BCUT2D eigenvalue weighted by Gasteiger charge is 2.18. The van der Waals surface area contributed by atoms with E-state index >= 15 is 0 Å². The molecular formula is C7H12ClF2N3. The van der Waals surface area contributed by atoms with E-state index < -0.39 is 12.1 Å². The molecule has 76 valence electrons. The number of rotatable bonds is 2. The van der Waals surface area contributed by atoms with Crippen LogP contribution in [0, 0.1) is 0 Å². The Hall–Kier alpha value is -0.680. The Labute approximate surface area is 81.3 Å². The van der Waals surface area contributed by atoms with E-state index in [0.717, 1.165) is 0 Å². The van der Waals surface area contributed by atoms with Crippen LogP contribution in [-0.4, -0.2) is 9.78 Å². The molecular weight excluding hydrogens is 200 g/mol. The minimum absolute atomic E-state index is 0. The molecule has 13 heavy (non-hydrogen) atoms. The Kier molecular flexibility index (Phi) is 3.81. The third-order valence-electron chi connectivity index (χ3n) is 1.47. The molecule has 0 amide bonds. The molecule has 0 aromatic carbocycles. The van der Waals surface area contributed by atoms with Crippen LogP contribution < -0.4 is 5.73 Å². The molecule has 0 saturated carbocycles. The summed E-state index contributed by atoms with van der Waals surface area (Å²) in [5.41, 5.74) is 5.44. The largest absolute Gasteiger partial charge is 0.333 e. The van der Waals surface area contributed by atoms with Crippen molar-refractivity contribution in [3.05, 3.63) is 18.0 Å². The van der Waals surface area contributed by atoms with Gasteiger partial charge in [-0.15, -0.1) is 12.4 Å². The van der Waals surface area contributed by atoms with E-state index in [9.17, 15) is 8.78 Å². The van der Waals surface area contributed by atoms with Gasteiger partial charge in [0.1, 0.15) is 0 Å². The maximum absolute atomic E-state index is 12.0. The van der Waals surface area contributed by atoms with E-state index in [1.54, 1.807) is 13.8 Å². The number of nitrogens with two attached hydrogens (primary N) is 1. The zero-order chi connectivity index (χ0) is 9.35. The van der Waals surface area contributed by atoms with Crippen molar-refractivity contribution in [1.82, 2.24) is 9.78 Å². The monoisotopic (exact) mass is 211 g/mol. The highest BCUT2D eigenvalue weighted by molar-refractivity contribution is 5.85. The number of halogens is 3. The van der Waals surface area contributed by atoms with Gasteiger partial charge in [-0.1, -0.05) is 0 Å². The molecule has 0 saturated heterocycles. The van der Waals surface area contributed by atoms with Crippen molar-refractivity contribution in [3.8, 4) is 0 Å². The van der Waals surface area contributed by atoms with Crippen LogP contribution in [-0.2, 0) is 5.54 Å². The summed E-state index contributed by atoms with van der Waals surface area (Å²) in [4.78, 5) is 0. The molecule has 1 rings (SSSR count). The predicted molar refractivity (Wildman–Crippen MR) is 47.9 cm³/mol. The second kappa shape index (κ2) is 4.02. The van der Waals surface area contributed by atoms with Crippen LogP contribution in [0.15, 0.2) is 12.3 Å². The lowest BCUT2D eigenvalue weighted by Crippen LogP contribution is -2.29. The SMILES string of the molecule is CC(C)(N)c1ccn(C(F)F)n1.Cl. The highest BCUT2D eigenvalue weighted by atomic mass is 35.5. The molecule has 0 aliphatic carbocycles. The summed E-state index contributed by atoms with van der Waals surface area (Å²) < 4.78 is 24.6. The van der Waals surface area contributed by atoms with Crippen molar-refractivity contribution >= 4 is 12.4 Å². The molecule has 3 nitrogen and oxygen atoms in total. The molecule has 0 unspecified atom stereocenters. The van der Waals surface area contributed by atoms with Crippen LogP contribution in [0.4, 0.5) is 8.78 Å². The molecule has 0 aliphatic rings. The van der Waals surface area contributed by atoms with E-state index in [-0.39, 0.29) is 12.4 Å². The minimum atomic E-state index is -2.60. The van der Waals surface area contributed by atoms with Crippen LogP contribution in [0.25, 0.3) is 0 Å². The lowest BCUT2D eigenvalue weighted by atomic mass is 10.0. The Morgan fingerprint density at radius 3 is 2.31 bits per heavy atom. The number of hydrogen-bond acceptors (Lipinski definition) is 2. The van der Waals surface area contributed by atoms with Crippen LogP contribution in [0.2, 0.25) is 0 Å². The summed E-state index contributed by atoms with van der Waals surface area (Å²) in [6, 6.07) is 1.49. The number of nitrogens with zero attached hydrogens (tertiary/aromatic N) is 2. The Morgan fingerprint density at radius 2 is 2.08 bits per heavy atom. The van der Waals surface area contributed by atoms with Gasteiger partial charge in [-0.2, -0.15) is 13.9 Å². The lowest BCUT2D eigenvalue weighted by molar-refractivity contribution is 0.0558. The van der Waals surface area contributed by atoms with Gasteiger partial charge in [0.25, 0.3) is 0 Å². The second-order valence-corrected chi connectivity index (χ2v) is 3.18. The first kappa shape index (κ1) is 12.3. The van der Waals surface area contributed by atoms with Crippen molar-refractivity contribution in [2.45, 2.75) is 25.9 Å². The molecule has 0 spiro atoms. The molecule has 0 bridgehead atoms. The standard InChI is InChI=1S/C7H11F2N3.ClH/c1-7(2,10)5-3-4-12(11-5)6(8)9;/h3-4,6H,10H2,1-2H3;1H. The van der Waals surface area contributed by atoms with Crippen molar-refractivity contribution in [3.63, 3.8) is 0 Å². The second-order valence-electron chi connectivity index (χ2n) is 3.18. The van der Waals surface area contributed by atoms with E-state index in [4.69, 9.17) is 5.73 Å². The quantitative estimate of drug-likeness (QED) is 0.812. The van der Waals surface area contributed by atoms with Gasteiger partial charge in [0, 0.05) is 6.20 Å². The summed E-state index contributed by atoms with van der Waals surface area (Å²) in [6.45, 7) is 0.831. The van der Waals surface area contributed by atoms with Gasteiger partial charge in [0.15, 0.2) is 0 Å². The minimum Gasteiger partial charge on any atom is -0.321 e. The lowest BCUT2D eigenvalue weighted by Gasteiger charge is -2.14. The van der Waals surface area contributed by atoms with Crippen molar-refractivity contribution in [2.24, 2.45) is 5.73 Å². The maximum Gasteiger partial charge on any atom is 0.333 e. The van der Waals surface area contributed by atoms with Crippen molar-refractivity contribution in [1.29, 1.82) is 0 Å². The smallest absolute Gasteiger partial charge is 0.321 e. The highest BCUT2D eigenvalue weighted by Crippen LogP contribution is 2.16. The summed E-state index contributed by atoms with van der Waals surface area (Å²) in [6.07, 6.45) is 1.22. The van der Waals surface area contributed by atoms with Gasteiger partial charge in [-0.25, -0.2) is 4.68 Å². The summed E-state index contributed by atoms with van der Waals surface area (Å²) in [7, 11) is 0. The van der Waals surface area contributed by atoms with Crippen LogP contribution in [0.1, 0.15) is 26.1 Å². The van der Waals surface area contributed by atoms with Crippen LogP contribution >= 0.6 is 12.4 Å². The first-order valence-electron chi connectivity index (χ1n) is 3.54. The first-order valence-corrected chi connectivity index (χ1v) is 3.54. The fraction of sp³-hybridized carbons (Fsp3) is 0.571. The van der Waals surface area contributed by atoms with E-state index in [2.05, 4.69) is 5.10 Å². The molecule has 1 aromatic heterocycles. The van der Waals surface area contributed by atoms with E-state index in [0.29, 0.717) is 10.4 Å². The molecule has 0 atom stereocenters. The third kappa shape index (κ3) is 2.93. The van der Waals surface area contributed by atoms with Gasteiger partial charge in [-0.3, -0.25) is 0 Å². The van der Waals surface area contributed by atoms with Gasteiger partial charge in [0.2, 0.25) is 0 Å². The van der Waals surface area contributed by atoms with Crippen LogP contribution in [0.5, 0.6) is 0 Å². The van der Waals surface area contributed by atoms with Crippen molar-refractivity contribution < 1.29 is 8.78 Å². The molecule has 0 radical (unpaired) electrons. The van der Waals surface area contributed by atoms with E-state index in [1.165, 1.54) is 12.3 Å². The van der Waals surface area contributed by atoms with Crippen molar-refractivity contribution in [2.75, 3.05) is 0 Å². The summed E-state index contributed by atoms with van der Waals surface area (Å²) >= 11 is 0. The zero-order valence-electron chi connectivity index (χ0n) is 7.37. The number of aromatic nitrogens is 2. The third-order valence-corrected chi connectivity index (χ3v) is 1.47. The molecule has 6 heteroatoms. The summed E-state index contributed by atoms with van der Waals surface area (Å²) in [5.74, 6) is 0. The van der Waals surface area contributed by atoms with Gasteiger partial charge in [0.05, 0.1) is 11.2 Å². The Bertz CT molecular complexity index is 267. The van der Waals surface area contributed by atoms with Gasteiger partial charge < -0.3 is 5.73 Å². The summed E-state index contributed by atoms with van der Waals surface area (Å²) in [5, 5.41) is 3.62.